The van der Waals surface area contributed by atoms with Gasteiger partial charge in [-0.2, -0.15) is 0 Å². The van der Waals surface area contributed by atoms with Crippen molar-refractivity contribution in [3.05, 3.63) is 93.0 Å². The Hall–Kier alpha value is -2.69. The molecule has 0 atom stereocenters. The molecular weight excluding hydrogens is 397 g/mol. The highest BCUT2D eigenvalue weighted by atomic mass is 35.5. The summed E-state index contributed by atoms with van der Waals surface area (Å²) in [5.74, 6) is -0.210. The number of aromatic carboxylic acids is 1. The van der Waals surface area contributed by atoms with E-state index in [0.29, 0.717) is 28.8 Å². The summed E-state index contributed by atoms with van der Waals surface area (Å²) in [7, 11) is 0. The lowest BCUT2D eigenvalue weighted by Crippen LogP contribution is -2.07. The second kappa shape index (κ2) is 9.00. The Kier molecular flexibility index (Phi) is 6.45. The largest absolute Gasteiger partial charge is 0.488 e. The molecule has 0 aliphatic heterocycles. The fraction of sp³-hybridized carbons (Fsp3) is 0.136. The molecule has 0 aliphatic rings. The predicted molar refractivity (Wildman–Crippen MR) is 113 cm³/mol. The molecule has 144 valence electrons. The molecule has 0 aromatic heterocycles. The van der Waals surface area contributed by atoms with Crippen LogP contribution in [0.2, 0.25) is 10.0 Å². The molecule has 0 radical (unpaired) electrons. The monoisotopic (exact) mass is 415 g/mol. The van der Waals surface area contributed by atoms with Crippen molar-refractivity contribution >= 4 is 34.9 Å². The van der Waals surface area contributed by atoms with Gasteiger partial charge in [0.1, 0.15) is 12.4 Å². The quantitative estimate of drug-likeness (QED) is 0.482. The summed E-state index contributed by atoms with van der Waals surface area (Å²) in [4.78, 5) is 11.3. The molecule has 6 heteroatoms. The first-order valence-corrected chi connectivity index (χ1v) is 9.42. The van der Waals surface area contributed by atoms with Crippen LogP contribution >= 0.6 is 23.2 Å². The fourth-order valence-corrected chi connectivity index (χ4v) is 3.30. The Morgan fingerprint density at radius 1 is 1.04 bits per heavy atom. The van der Waals surface area contributed by atoms with E-state index < -0.39 is 5.97 Å². The Morgan fingerprint density at radius 3 is 2.57 bits per heavy atom. The second-order valence-corrected chi connectivity index (χ2v) is 7.11. The third-order valence-corrected chi connectivity index (χ3v) is 4.99. The highest BCUT2D eigenvalue weighted by Crippen LogP contribution is 2.26. The Labute approximate surface area is 173 Å². The molecule has 0 saturated carbocycles. The van der Waals surface area contributed by atoms with E-state index in [4.69, 9.17) is 27.9 Å². The van der Waals surface area contributed by atoms with Crippen LogP contribution in [0, 0.1) is 6.92 Å². The maximum absolute atomic E-state index is 11.3. The number of ether oxygens (including phenoxy) is 1. The van der Waals surface area contributed by atoms with Gasteiger partial charge in [-0.25, -0.2) is 4.79 Å². The van der Waals surface area contributed by atoms with Gasteiger partial charge in [0.05, 0.1) is 5.56 Å². The summed E-state index contributed by atoms with van der Waals surface area (Å²) in [6.45, 7) is 2.60. The van der Waals surface area contributed by atoms with Crippen molar-refractivity contribution in [2.24, 2.45) is 0 Å². The molecule has 0 fully saturated rings. The predicted octanol–water partition coefficient (Wildman–Crippen LogP) is 6.19. The number of hydrogen-bond acceptors (Lipinski definition) is 3. The normalized spacial score (nSPS) is 10.5. The van der Waals surface area contributed by atoms with Gasteiger partial charge in [0.2, 0.25) is 0 Å². The van der Waals surface area contributed by atoms with Crippen LogP contribution in [0.1, 0.15) is 27.0 Å². The zero-order valence-electron chi connectivity index (χ0n) is 15.2. The lowest BCUT2D eigenvalue weighted by Gasteiger charge is -2.15. The van der Waals surface area contributed by atoms with Gasteiger partial charge in [-0.3, -0.25) is 0 Å². The van der Waals surface area contributed by atoms with Crippen LogP contribution in [0.15, 0.2) is 60.7 Å². The topological polar surface area (TPSA) is 58.6 Å². The molecule has 3 rings (SSSR count). The first kappa shape index (κ1) is 20.1. The first-order valence-electron chi connectivity index (χ1n) is 8.67. The average Bonchev–Trinajstić information content (AvgIpc) is 2.67. The molecule has 0 heterocycles. The van der Waals surface area contributed by atoms with Crippen LogP contribution < -0.4 is 10.1 Å². The van der Waals surface area contributed by atoms with Crippen LogP contribution in [0.25, 0.3) is 0 Å². The van der Waals surface area contributed by atoms with Crippen LogP contribution in [0.5, 0.6) is 5.75 Å². The van der Waals surface area contributed by atoms with Crippen LogP contribution in [0.3, 0.4) is 0 Å². The van der Waals surface area contributed by atoms with E-state index in [1.165, 1.54) is 0 Å². The van der Waals surface area contributed by atoms with Gasteiger partial charge in [0, 0.05) is 33.4 Å². The molecule has 4 nitrogen and oxygen atoms in total. The van der Waals surface area contributed by atoms with Crippen LogP contribution in [-0.4, -0.2) is 11.1 Å². The minimum atomic E-state index is -0.940. The maximum atomic E-state index is 11.3. The molecule has 3 aromatic rings. The van der Waals surface area contributed by atoms with Crippen LogP contribution in [-0.2, 0) is 13.2 Å². The summed E-state index contributed by atoms with van der Waals surface area (Å²) in [5.41, 5.74) is 3.55. The van der Waals surface area contributed by atoms with E-state index in [1.54, 1.807) is 31.2 Å². The molecule has 3 aromatic carbocycles. The van der Waals surface area contributed by atoms with E-state index in [1.807, 2.05) is 36.4 Å². The van der Waals surface area contributed by atoms with E-state index in [2.05, 4.69) is 5.32 Å². The third-order valence-electron chi connectivity index (χ3n) is 4.40. The number of carboxylic acid groups (broad SMARTS) is 1. The number of benzene rings is 3. The number of hydrogen-bond donors (Lipinski definition) is 2. The number of carbonyl (C=O) groups is 1. The Balaban J connectivity index is 1.72. The molecule has 0 unspecified atom stereocenters. The summed E-state index contributed by atoms with van der Waals surface area (Å²) in [6.07, 6.45) is 0. The average molecular weight is 416 g/mol. The molecule has 2 N–H and O–H groups in total. The van der Waals surface area contributed by atoms with Crippen molar-refractivity contribution in [3.63, 3.8) is 0 Å². The van der Waals surface area contributed by atoms with E-state index in [0.717, 1.165) is 22.6 Å². The number of rotatable bonds is 7. The highest BCUT2D eigenvalue weighted by molar-refractivity contribution is 6.35. The summed E-state index contributed by atoms with van der Waals surface area (Å²) in [5, 5.41) is 13.7. The molecule has 0 amide bonds. The lowest BCUT2D eigenvalue weighted by atomic mass is 10.1. The molecule has 28 heavy (non-hydrogen) atoms. The van der Waals surface area contributed by atoms with Crippen molar-refractivity contribution in [2.75, 3.05) is 5.32 Å². The molecule has 0 bridgehead atoms. The number of carboxylic acids is 1. The van der Waals surface area contributed by atoms with Gasteiger partial charge in [-0.15, -0.1) is 0 Å². The number of anilines is 1. The van der Waals surface area contributed by atoms with Crippen LogP contribution in [0.4, 0.5) is 5.69 Å². The first-order chi connectivity index (χ1) is 13.5. The van der Waals surface area contributed by atoms with E-state index in [-0.39, 0.29) is 5.56 Å². The summed E-state index contributed by atoms with van der Waals surface area (Å²) >= 11 is 12.1. The zero-order chi connectivity index (χ0) is 20.1. The van der Waals surface area contributed by atoms with E-state index in [9.17, 15) is 9.90 Å². The smallest absolute Gasteiger partial charge is 0.336 e. The maximum Gasteiger partial charge on any atom is 0.336 e. The third kappa shape index (κ3) is 4.77. The SMILES string of the molecule is Cc1c(NCc2ccccc2OCc2ccc(Cl)cc2Cl)cccc1C(=O)O. The molecular formula is C22H19Cl2NO3. The molecule has 0 spiro atoms. The zero-order valence-corrected chi connectivity index (χ0v) is 16.7. The van der Waals surface area contributed by atoms with Crippen molar-refractivity contribution in [1.82, 2.24) is 0 Å². The van der Waals surface area contributed by atoms with Crippen molar-refractivity contribution in [3.8, 4) is 5.75 Å². The van der Waals surface area contributed by atoms with Gasteiger partial charge < -0.3 is 15.2 Å². The van der Waals surface area contributed by atoms with E-state index >= 15 is 0 Å². The summed E-state index contributed by atoms with van der Waals surface area (Å²) in [6, 6.07) is 18.2. The number of nitrogens with one attached hydrogen (secondary N) is 1. The number of halogens is 2. The minimum absolute atomic E-state index is 0.284. The number of para-hydroxylation sites is 1. The van der Waals surface area contributed by atoms with Gasteiger partial charge in [0.25, 0.3) is 0 Å². The molecule has 0 saturated heterocycles. The highest BCUT2D eigenvalue weighted by Gasteiger charge is 2.11. The van der Waals surface area contributed by atoms with Gasteiger partial charge in [0.15, 0.2) is 0 Å². The minimum Gasteiger partial charge on any atom is -0.488 e. The van der Waals surface area contributed by atoms with Crippen molar-refractivity contribution in [2.45, 2.75) is 20.1 Å². The second-order valence-electron chi connectivity index (χ2n) is 6.27. The molecule has 0 aliphatic carbocycles. The lowest BCUT2D eigenvalue weighted by molar-refractivity contribution is 0.0696. The van der Waals surface area contributed by atoms with Gasteiger partial charge >= 0.3 is 5.97 Å². The fourth-order valence-electron chi connectivity index (χ4n) is 2.83. The Bertz CT molecular complexity index is 1000. The van der Waals surface area contributed by atoms with Gasteiger partial charge in [-0.05, 0) is 42.8 Å². The Morgan fingerprint density at radius 2 is 1.82 bits per heavy atom. The van der Waals surface area contributed by atoms with Crippen molar-refractivity contribution < 1.29 is 14.6 Å². The van der Waals surface area contributed by atoms with Gasteiger partial charge in [-0.1, -0.05) is 53.5 Å². The standard InChI is InChI=1S/C22H19Cl2NO3/c1-14-18(22(26)27)6-4-7-20(14)25-12-15-5-2-3-8-21(15)28-13-16-9-10-17(23)11-19(16)24/h2-11,25H,12-13H2,1H3,(H,26,27). The van der Waals surface area contributed by atoms with Crippen molar-refractivity contribution in [1.29, 1.82) is 0 Å². The summed E-state index contributed by atoms with van der Waals surface area (Å²) < 4.78 is 5.96.